The molecule has 0 radical (unpaired) electrons. The van der Waals surface area contributed by atoms with Crippen molar-refractivity contribution in [2.75, 3.05) is 17.7 Å². The van der Waals surface area contributed by atoms with Gasteiger partial charge in [-0.25, -0.2) is 9.97 Å². The molecule has 19 heavy (non-hydrogen) atoms. The first-order chi connectivity index (χ1) is 8.99. The van der Waals surface area contributed by atoms with Gasteiger partial charge in [-0.1, -0.05) is 17.7 Å². The van der Waals surface area contributed by atoms with Gasteiger partial charge in [0, 0.05) is 12.7 Å². The Kier molecular flexibility index (Phi) is 3.46. The Balaban J connectivity index is 2.30. The summed E-state index contributed by atoms with van der Waals surface area (Å²) in [6.45, 7) is 3.99. The van der Waals surface area contributed by atoms with Crippen LogP contribution in [0, 0.1) is 13.8 Å². The molecule has 0 spiro atoms. The fraction of sp³-hybridized carbons (Fsp3) is 0.214. The van der Waals surface area contributed by atoms with Crippen molar-refractivity contribution in [1.29, 1.82) is 0 Å². The number of hydrogen-bond donors (Lipinski definition) is 1. The van der Waals surface area contributed by atoms with E-state index in [2.05, 4.69) is 9.97 Å². The van der Waals surface area contributed by atoms with E-state index in [0.717, 1.165) is 16.8 Å². The Morgan fingerprint density at radius 3 is 2.53 bits per heavy atom. The summed E-state index contributed by atoms with van der Waals surface area (Å²) in [4.78, 5) is 21.7. The van der Waals surface area contributed by atoms with E-state index in [1.54, 1.807) is 11.9 Å². The number of rotatable bonds is 2. The number of nitrogen functional groups attached to an aromatic ring is 1. The zero-order valence-electron chi connectivity index (χ0n) is 11.2. The molecule has 2 rings (SSSR count). The third-order valence-corrected chi connectivity index (χ3v) is 2.91. The van der Waals surface area contributed by atoms with Crippen LogP contribution in [0.1, 0.15) is 21.6 Å². The highest BCUT2D eigenvalue weighted by atomic mass is 16.2. The van der Waals surface area contributed by atoms with Crippen molar-refractivity contribution >= 4 is 17.4 Å². The van der Waals surface area contributed by atoms with E-state index in [4.69, 9.17) is 5.73 Å². The highest BCUT2D eigenvalue weighted by Gasteiger charge is 2.16. The first-order valence-electron chi connectivity index (χ1n) is 5.92. The van der Waals surface area contributed by atoms with Crippen molar-refractivity contribution in [3.8, 4) is 0 Å². The summed E-state index contributed by atoms with van der Waals surface area (Å²) < 4.78 is 0. The summed E-state index contributed by atoms with van der Waals surface area (Å²) in [5.74, 6) is 0.0881. The number of amides is 1. The van der Waals surface area contributed by atoms with Gasteiger partial charge in [-0.05, 0) is 25.5 Å². The number of nitrogens with two attached hydrogens (primary N) is 1. The van der Waals surface area contributed by atoms with Crippen LogP contribution in [0.2, 0.25) is 0 Å². The highest BCUT2D eigenvalue weighted by Crippen LogP contribution is 2.21. The average molecular weight is 256 g/mol. The molecule has 1 heterocycles. The SMILES string of the molecule is Cc1ccc(N(C)C(=O)c2cnc(N)cn2)c(C)c1. The van der Waals surface area contributed by atoms with Gasteiger partial charge < -0.3 is 10.6 Å². The van der Waals surface area contributed by atoms with E-state index in [9.17, 15) is 4.79 Å². The van der Waals surface area contributed by atoms with Crippen LogP contribution in [0.4, 0.5) is 11.5 Å². The predicted molar refractivity (Wildman–Crippen MR) is 75.1 cm³/mol. The summed E-state index contributed by atoms with van der Waals surface area (Å²) in [6, 6.07) is 5.93. The van der Waals surface area contributed by atoms with E-state index < -0.39 is 0 Å². The molecule has 2 aromatic rings. The number of aryl methyl sites for hydroxylation is 2. The van der Waals surface area contributed by atoms with Gasteiger partial charge in [-0.3, -0.25) is 4.79 Å². The number of hydrogen-bond acceptors (Lipinski definition) is 4. The molecule has 0 bridgehead atoms. The fourth-order valence-electron chi connectivity index (χ4n) is 1.91. The number of carbonyl (C=O) groups is 1. The van der Waals surface area contributed by atoms with Crippen molar-refractivity contribution in [1.82, 2.24) is 9.97 Å². The van der Waals surface area contributed by atoms with Gasteiger partial charge in [0.15, 0.2) is 0 Å². The Bertz CT molecular complexity index is 607. The lowest BCUT2D eigenvalue weighted by atomic mass is 10.1. The minimum atomic E-state index is -0.209. The summed E-state index contributed by atoms with van der Waals surface area (Å²) in [5.41, 5.74) is 8.79. The number of anilines is 2. The number of carbonyl (C=O) groups excluding carboxylic acids is 1. The molecule has 0 aliphatic rings. The second-order valence-corrected chi connectivity index (χ2v) is 4.48. The predicted octanol–water partition coefficient (Wildman–Crippen LogP) is 1.95. The number of aromatic nitrogens is 2. The van der Waals surface area contributed by atoms with Gasteiger partial charge in [0.1, 0.15) is 11.5 Å². The van der Waals surface area contributed by atoms with Gasteiger partial charge in [0.25, 0.3) is 5.91 Å². The molecular weight excluding hydrogens is 240 g/mol. The van der Waals surface area contributed by atoms with Crippen LogP contribution in [0.25, 0.3) is 0 Å². The lowest BCUT2D eigenvalue weighted by Crippen LogP contribution is -2.28. The second-order valence-electron chi connectivity index (χ2n) is 4.48. The van der Waals surface area contributed by atoms with Gasteiger partial charge >= 0.3 is 0 Å². The highest BCUT2D eigenvalue weighted by molar-refractivity contribution is 6.04. The number of nitrogens with zero attached hydrogens (tertiary/aromatic N) is 3. The second kappa shape index (κ2) is 5.06. The molecule has 1 amide bonds. The molecule has 1 aromatic heterocycles. The molecule has 0 aliphatic carbocycles. The summed E-state index contributed by atoms with van der Waals surface area (Å²) in [7, 11) is 1.72. The Hall–Kier alpha value is -2.43. The van der Waals surface area contributed by atoms with Crippen molar-refractivity contribution in [3.05, 3.63) is 47.4 Å². The molecule has 0 aliphatic heterocycles. The third kappa shape index (κ3) is 2.70. The topological polar surface area (TPSA) is 72.1 Å². The van der Waals surface area contributed by atoms with Crippen molar-refractivity contribution < 1.29 is 4.79 Å². The first-order valence-corrected chi connectivity index (χ1v) is 5.92. The van der Waals surface area contributed by atoms with Gasteiger partial charge in [0.2, 0.25) is 0 Å². The van der Waals surface area contributed by atoms with Crippen LogP contribution >= 0.6 is 0 Å². The van der Waals surface area contributed by atoms with Crippen molar-refractivity contribution in [2.24, 2.45) is 0 Å². The Morgan fingerprint density at radius 2 is 1.95 bits per heavy atom. The molecular formula is C14H16N4O. The molecule has 0 saturated heterocycles. The van der Waals surface area contributed by atoms with Crippen LogP contribution in [-0.2, 0) is 0 Å². The number of benzene rings is 1. The smallest absolute Gasteiger partial charge is 0.278 e. The maximum atomic E-state index is 12.3. The van der Waals surface area contributed by atoms with E-state index in [0.29, 0.717) is 5.82 Å². The van der Waals surface area contributed by atoms with Gasteiger partial charge in [-0.15, -0.1) is 0 Å². The molecule has 0 unspecified atom stereocenters. The molecule has 98 valence electrons. The summed E-state index contributed by atoms with van der Waals surface area (Å²) in [5, 5.41) is 0. The maximum Gasteiger partial charge on any atom is 0.278 e. The van der Waals surface area contributed by atoms with E-state index in [1.807, 2.05) is 32.0 Å². The third-order valence-electron chi connectivity index (χ3n) is 2.91. The standard InChI is InChI=1S/C14H16N4O/c1-9-4-5-12(10(2)6-9)18(3)14(19)11-7-17-13(15)8-16-11/h4-8H,1-3H3,(H2,15,17). The molecule has 0 atom stereocenters. The molecule has 0 saturated carbocycles. The zero-order chi connectivity index (χ0) is 14.0. The fourth-order valence-corrected chi connectivity index (χ4v) is 1.91. The van der Waals surface area contributed by atoms with Crippen LogP contribution in [0.3, 0.4) is 0 Å². The van der Waals surface area contributed by atoms with E-state index in [-0.39, 0.29) is 11.6 Å². The minimum Gasteiger partial charge on any atom is -0.382 e. The lowest BCUT2D eigenvalue weighted by Gasteiger charge is -2.19. The zero-order valence-corrected chi connectivity index (χ0v) is 11.2. The van der Waals surface area contributed by atoms with Crippen LogP contribution in [0.15, 0.2) is 30.6 Å². The quantitative estimate of drug-likeness (QED) is 0.891. The van der Waals surface area contributed by atoms with Gasteiger partial charge in [0.05, 0.1) is 12.4 Å². The summed E-state index contributed by atoms with van der Waals surface area (Å²) in [6.07, 6.45) is 2.76. The Morgan fingerprint density at radius 1 is 1.21 bits per heavy atom. The lowest BCUT2D eigenvalue weighted by molar-refractivity contribution is 0.0988. The monoisotopic (exact) mass is 256 g/mol. The first kappa shape index (κ1) is 13.0. The largest absolute Gasteiger partial charge is 0.382 e. The average Bonchev–Trinajstić information content (AvgIpc) is 2.38. The van der Waals surface area contributed by atoms with E-state index >= 15 is 0 Å². The molecule has 0 fully saturated rings. The maximum absolute atomic E-state index is 12.3. The van der Waals surface area contributed by atoms with Gasteiger partial charge in [-0.2, -0.15) is 0 Å². The van der Waals surface area contributed by atoms with E-state index in [1.165, 1.54) is 12.4 Å². The molecule has 5 heteroatoms. The normalized spacial score (nSPS) is 10.3. The van der Waals surface area contributed by atoms with Crippen LogP contribution in [0.5, 0.6) is 0 Å². The van der Waals surface area contributed by atoms with Crippen LogP contribution in [-0.4, -0.2) is 22.9 Å². The Labute approximate surface area is 112 Å². The van der Waals surface area contributed by atoms with Crippen molar-refractivity contribution in [2.45, 2.75) is 13.8 Å². The molecule has 1 aromatic carbocycles. The van der Waals surface area contributed by atoms with Crippen molar-refractivity contribution in [3.63, 3.8) is 0 Å². The van der Waals surface area contributed by atoms with Crippen LogP contribution < -0.4 is 10.6 Å². The summed E-state index contributed by atoms with van der Waals surface area (Å²) >= 11 is 0. The molecule has 2 N–H and O–H groups in total. The molecule has 5 nitrogen and oxygen atoms in total. The minimum absolute atomic E-state index is 0.209.